The third-order valence-electron chi connectivity index (χ3n) is 1.09. The Morgan fingerprint density at radius 2 is 2.08 bits per heavy atom. The number of rotatable bonds is 2. The predicted molar refractivity (Wildman–Crippen MR) is 34.1 cm³/mol. The molecule has 4 nitrogen and oxygen atoms in total. The van der Waals surface area contributed by atoms with Gasteiger partial charge in [0.25, 0.3) is 0 Å². The van der Waals surface area contributed by atoms with Crippen LogP contribution in [0.4, 0.5) is 19.1 Å². The minimum absolute atomic E-state index is 0.354. The third-order valence-corrected chi connectivity index (χ3v) is 1.09. The maximum absolute atomic E-state index is 12.5. The number of alkyl halides is 3. The molecular formula is C5H5F3N4. The molecule has 0 amide bonds. The zero-order valence-corrected chi connectivity index (χ0v) is 5.84. The van der Waals surface area contributed by atoms with Crippen LogP contribution in [-0.4, -0.2) is 21.6 Å². The smallest absolute Gasteiger partial charge is 0.334 e. The van der Waals surface area contributed by atoms with Gasteiger partial charge in [-0.05, 0) is 0 Å². The van der Waals surface area contributed by atoms with Gasteiger partial charge < -0.3 is 5.73 Å². The topological polar surface area (TPSA) is 64.7 Å². The summed E-state index contributed by atoms with van der Waals surface area (Å²) in [6, 6.07) is 0. The Bertz CT molecular complexity index is 277. The van der Waals surface area contributed by atoms with Crippen molar-refractivity contribution in [1.29, 1.82) is 0 Å². The van der Waals surface area contributed by atoms with Crippen molar-refractivity contribution < 1.29 is 13.2 Å². The average molecular weight is 178 g/mol. The first-order chi connectivity index (χ1) is 5.56. The Hall–Kier alpha value is -1.40. The molecule has 0 atom stereocenters. The molecule has 0 fully saturated rings. The van der Waals surface area contributed by atoms with E-state index in [0.29, 0.717) is 0 Å². The highest BCUT2D eigenvalue weighted by atomic mass is 19.3. The van der Waals surface area contributed by atoms with Crippen molar-refractivity contribution in [2.24, 2.45) is 0 Å². The summed E-state index contributed by atoms with van der Waals surface area (Å²) in [7, 11) is 0. The van der Waals surface area contributed by atoms with Crippen molar-refractivity contribution in [2.45, 2.75) is 5.92 Å². The third kappa shape index (κ3) is 1.60. The van der Waals surface area contributed by atoms with Crippen LogP contribution in [0.3, 0.4) is 0 Å². The number of nitrogens with two attached hydrogens (primary N) is 1. The first kappa shape index (κ1) is 8.69. The van der Waals surface area contributed by atoms with Crippen molar-refractivity contribution in [1.82, 2.24) is 15.0 Å². The fraction of sp³-hybridized carbons (Fsp3) is 0.400. The lowest BCUT2D eigenvalue weighted by atomic mass is 10.3. The van der Waals surface area contributed by atoms with E-state index < -0.39 is 18.4 Å². The van der Waals surface area contributed by atoms with Crippen LogP contribution in [0.1, 0.15) is 5.82 Å². The highest BCUT2D eigenvalue weighted by Crippen LogP contribution is 2.24. The molecule has 0 radical (unpaired) electrons. The van der Waals surface area contributed by atoms with Gasteiger partial charge in [0.1, 0.15) is 6.33 Å². The number of nitrogen functional groups attached to an aromatic ring is 1. The van der Waals surface area contributed by atoms with Gasteiger partial charge in [-0.15, -0.1) is 0 Å². The summed E-state index contributed by atoms with van der Waals surface area (Å²) in [5.74, 6) is -4.98. The summed E-state index contributed by atoms with van der Waals surface area (Å²) >= 11 is 0. The van der Waals surface area contributed by atoms with Crippen molar-refractivity contribution >= 4 is 5.95 Å². The summed E-state index contributed by atoms with van der Waals surface area (Å²) in [5, 5.41) is 0. The Balaban J connectivity index is 3.03. The number of anilines is 1. The van der Waals surface area contributed by atoms with Crippen LogP contribution >= 0.6 is 0 Å². The van der Waals surface area contributed by atoms with Gasteiger partial charge in [0, 0.05) is 0 Å². The van der Waals surface area contributed by atoms with E-state index in [1.807, 2.05) is 0 Å². The van der Waals surface area contributed by atoms with Crippen LogP contribution in [0.15, 0.2) is 6.33 Å². The highest BCUT2D eigenvalue weighted by molar-refractivity contribution is 5.14. The number of nitrogens with zero attached hydrogens (tertiary/aromatic N) is 3. The van der Waals surface area contributed by atoms with Crippen LogP contribution < -0.4 is 5.73 Å². The second kappa shape index (κ2) is 2.92. The fourth-order valence-electron chi connectivity index (χ4n) is 0.545. The van der Waals surface area contributed by atoms with E-state index in [2.05, 4.69) is 15.0 Å². The Morgan fingerprint density at radius 3 is 2.58 bits per heavy atom. The average Bonchev–Trinajstić information content (AvgIpc) is 2.05. The standard InChI is InChI=1S/C5H5F3N4/c6-1-5(7,8)3-10-2-11-4(9)12-3/h2H,1H2,(H2,9,10,11,12). The molecule has 0 aromatic carbocycles. The summed E-state index contributed by atoms with van der Waals surface area (Å²) in [6.07, 6.45) is 0.807. The molecule has 0 aliphatic rings. The van der Waals surface area contributed by atoms with Gasteiger partial charge in [0.2, 0.25) is 11.8 Å². The van der Waals surface area contributed by atoms with Gasteiger partial charge in [-0.3, -0.25) is 0 Å². The number of hydrogen-bond donors (Lipinski definition) is 1. The molecule has 0 unspecified atom stereocenters. The van der Waals surface area contributed by atoms with Crippen molar-refractivity contribution in [3.05, 3.63) is 12.2 Å². The zero-order valence-electron chi connectivity index (χ0n) is 5.84. The Kier molecular flexibility index (Phi) is 2.11. The van der Waals surface area contributed by atoms with Gasteiger partial charge in [0.05, 0.1) is 0 Å². The number of halogens is 3. The Labute approximate surface area is 65.7 Å². The van der Waals surface area contributed by atoms with Crippen LogP contribution in [0, 0.1) is 0 Å². The largest absolute Gasteiger partial charge is 0.368 e. The molecule has 1 rings (SSSR count). The molecule has 0 aliphatic heterocycles. The fourth-order valence-corrected chi connectivity index (χ4v) is 0.545. The Morgan fingerprint density at radius 1 is 1.42 bits per heavy atom. The molecule has 66 valence electrons. The zero-order chi connectivity index (χ0) is 9.19. The van der Waals surface area contributed by atoms with Crippen LogP contribution in [0.2, 0.25) is 0 Å². The molecule has 0 bridgehead atoms. The molecule has 1 aromatic rings. The summed E-state index contributed by atoms with van der Waals surface area (Å²) in [5.41, 5.74) is 4.99. The molecule has 0 spiro atoms. The SMILES string of the molecule is Nc1ncnc(C(F)(F)CF)n1. The second-order valence-corrected chi connectivity index (χ2v) is 2.01. The first-order valence-corrected chi connectivity index (χ1v) is 2.95. The molecule has 12 heavy (non-hydrogen) atoms. The van der Waals surface area contributed by atoms with Gasteiger partial charge in [0.15, 0.2) is 6.67 Å². The predicted octanol–water partition coefficient (Wildman–Crippen LogP) is 0.515. The molecular weight excluding hydrogens is 173 g/mol. The van der Waals surface area contributed by atoms with E-state index in [4.69, 9.17) is 5.73 Å². The van der Waals surface area contributed by atoms with Crippen molar-refractivity contribution in [2.75, 3.05) is 12.4 Å². The maximum Gasteiger partial charge on any atom is 0.334 e. The first-order valence-electron chi connectivity index (χ1n) is 2.95. The van der Waals surface area contributed by atoms with E-state index in [9.17, 15) is 13.2 Å². The monoisotopic (exact) mass is 178 g/mol. The molecule has 0 aliphatic carbocycles. The lowest BCUT2D eigenvalue weighted by Gasteiger charge is -2.08. The van der Waals surface area contributed by atoms with E-state index in [1.165, 1.54) is 0 Å². The number of aromatic nitrogens is 3. The van der Waals surface area contributed by atoms with Crippen LogP contribution in [0.5, 0.6) is 0 Å². The lowest BCUT2D eigenvalue weighted by molar-refractivity contribution is -0.0366. The lowest BCUT2D eigenvalue weighted by Crippen LogP contribution is -2.20. The minimum atomic E-state index is -3.68. The molecule has 1 aromatic heterocycles. The summed E-state index contributed by atoms with van der Waals surface area (Å²) in [6.45, 7) is -1.85. The summed E-state index contributed by atoms with van der Waals surface area (Å²) in [4.78, 5) is 9.46. The van der Waals surface area contributed by atoms with E-state index >= 15 is 0 Å². The van der Waals surface area contributed by atoms with Crippen LogP contribution in [-0.2, 0) is 5.92 Å². The second-order valence-electron chi connectivity index (χ2n) is 2.01. The van der Waals surface area contributed by atoms with Gasteiger partial charge in [-0.2, -0.15) is 13.8 Å². The molecule has 7 heteroatoms. The molecule has 0 saturated heterocycles. The van der Waals surface area contributed by atoms with Gasteiger partial charge >= 0.3 is 5.92 Å². The minimum Gasteiger partial charge on any atom is -0.368 e. The normalized spacial score (nSPS) is 11.6. The van der Waals surface area contributed by atoms with Crippen LogP contribution in [0.25, 0.3) is 0 Å². The van der Waals surface area contributed by atoms with Crippen molar-refractivity contribution in [3.8, 4) is 0 Å². The highest BCUT2D eigenvalue weighted by Gasteiger charge is 2.35. The van der Waals surface area contributed by atoms with Gasteiger partial charge in [-0.25, -0.2) is 14.4 Å². The van der Waals surface area contributed by atoms with E-state index in [-0.39, 0.29) is 5.95 Å². The van der Waals surface area contributed by atoms with E-state index in [1.54, 1.807) is 0 Å². The van der Waals surface area contributed by atoms with Gasteiger partial charge in [-0.1, -0.05) is 0 Å². The van der Waals surface area contributed by atoms with Crippen molar-refractivity contribution in [3.63, 3.8) is 0 Å². The summed E-state index contributed by atoms with van der Waals surface area (Å²) < 4.78 is 36.7. The molecule has 1 heterocycles. The molecule has 2 N–H and O–H groups in total. The maximum atomic E-state index is 12.5. The number of hydrogen-bond acceptors (Lipinski definition) is 4. The van der Waals surface area contributed by atoms with E-state index in [0.717, 1.165) is 6.33 Å². The molecule has 0 saturated carbocycles. The quantitative estimate of drug-likeness (QED) is 0.716.